The summed E-state index contributed by atoms with van der Waals surface area (Å²) >= 11 is 1.16. The molecule has 0 fully saturated rings. The highest BCUT2D eigenvalue weighted by atomic mass is 32.1. The molecule has 0 radical (unpaired) electrons. The Morgan fingerprint density at radius 3 is 2.59 bits per heavy atom. The van der Waals surface area contributed by atoms with E-state index in [1.165, 1.54) is 4.57 Å². The molecule has 1 amide bonds. The van der Waals surface area contributed by atoms with E-state index in [9.17, 15) is 9.59 Å². The number of thiazole rings is 1. The van der Waals surface area contributed by atoms with E-state index in [4.69, 9.17) is 0 Å². The molecular formula is C17H16N2O2S. The van der Waals surface area contributed by atoms with E-state index in [1.807, 2.05) is 61.5 Å². The van der Waals surface area contributed by atoms with Gasteiger partial charge in [-0.25, -0.2) is 0 Å². The highest BCUT2D eigenvalue weighted by Gasteiger charge is 2.13. The Morgan fingerprint density at radius 2 is 1.82 bits per heavy atom. The van der Waals surface area contributed by atoms with Crippen molar-refractivity contribution < 1.29 is 4.79 Å². The molecule has 0 spiro atoms. The number of hydrogen-bond acceptors (Lipinski definition) is 3. The van der Waals surface area contributed by atoms with Crippen molar-refractivity contribution in [1.29, 1.82) is 0 Å². The van der Waals surface area contributed by atoms with Crippen LogP contribution in [0.2, 0.25) is 0 Å². The monoisotopic (exact) mass is 312 g/mol. The van der Waals surface area contributed by atoms with Gasteiger partial charge in [0.2, 0.25) is 5.91 Å². The van der Waals surface area contributed by atoms with Crippen LogP contribution in [0.4, 0.5) is 0 Å². The molecule has 1 heterocycles. The topological polar surface area (TPSA) is 51.1 Å². The molecule has 1 atom stereocenters. The number of fused-ring (bicyclic) bond motifs is 1. The first-order valence-corrected chi connectivity index (χ1v) is 7.89. The van der Waals surface area contributed by atoms with Crippen LogP contribution in [0.15, 0.2) is 59.4 Å². The first kappa shape index (κ1) is 14.5. The maximum atomic E-state index is 12.2. The molecule has 22 heavy (non-hydrogen) atoms. The minimum atomic E-state index is -0.165. The summed E-state index contributed by atoms with van der Waals surface area (Å²) in [5.41, 5.74) is 1.85. The summed E-state index contributed by atoms with van der Waals surface area (Å²) in [5, 5.41) is 2.93. The fourth-order valence-electron chi connectivity index (χ4n) is 2.42. The summed E-state index contributed by atoms with van der Waals surface area (Å²) in [7, 11) is 0. The normalized spacial score (nSPS) is 12.2. The highest BCUT2D eigenvalue weighted by molar-refractivity contribution is 7.16. The third-order valence-corrected chi connectivity index (χ3v) is 4.51. The van der Waals surface area contributed by atoms with Crippen molar-refractivity contribution in [1.82, 2.24) is 9.88 Å². The lowest BCUT2D eigenvalue weighted by molar-refractivity contribution is -0.122. The van der Waals surface area contributed by atoms with E-state index < -0.39 is 0 Å². The molecule has 0 saturated heterocycles. The molecule has 2 aromatic carbocycles. The van der Waals surface area contributed by atoms with Crippen LogP contribution in [0.1, 0.15) is 18.5 Å². The quantitative estimate of drug-likeness (QED) is 0.805. The molecule has 1 N–H and O–H groups in total. The van der Waals surface area contributed by atoms with Gasteiger partial charge >= 0.3 is 4.87 Å². The third-order valence-electron chi connectivity index (χ3n) is 3.55. The lowest BCUT2D eigenvalue weighted by atomic mass is 10.1. The number of rotatable bonds is 4. The molecule has 5 heteroatoms. The number of benzene rings is 2. The second-order valence-corrected chi connectivity index (χ2v) is 6.11. The Morgan fingerprint density at radius 1 is 1.14 bits per heavy atom. The second-order valence-electron chi connectivity index (χ2n) is 5.12. The largest absolute Gasteiger partial charge is 0.348 e. The van der Waals surface area contributed by atoms with Crippen LogP contribution < -0.4 is 10.2 Å². The fourth-order valence-corrected chi connectivity index (χ4v) is 3.31. The minimum Gasteiger partial charge on any atom is -0.348 e. The second kappa shape index (κ2) is 6.15. The molecule has 1 aromatic heterocycles. The van der Waals surface area contributed by atoms with Gasteiger partial charge in [-0.1, -0.05) is 53.8 Å². The number of para-hydroxylation sites is 1. The van der Waals surface area contributed by atoms with Gasteiger partial charge in [0.25, 0.3) is 0 Å². The van der Waals surface area contributed by atoms with Gasteiger partial charge in [-0.3, -0.25) is 14.2 Å². The Balaban J connectivity index is 1.76. The number of nitrogens with zero attached hydrogens (tertiary/aromatic N) is 1. The molecule has 3 aromatic rings. The number of amides is 1. The maximum absolute atomic E-state index is 12.2. The Kier molecular flexibility index (Phi) is 4.06. The van der Waals surface area contributed by atoms with Crippen molar-refractivity contribution in [3.8, 4) is 0 Å². The molecule has 3 rings (SSSR count). The molecule has 0 aliphatic heterocycles. The summed E-state index contributed by atoms with van der Waals surface area (Å²) in [4.78, 5) is 24.1. The van der Waals surface area contributed by atoms with Crippen molar-refractivity contribution in [2.45, 2.75) is 19.5 Å². The minimum absolute atomic E-state index is 0.0417. The first-order chi connectivity index (χ1) is 10.6. The van der Waals surface area contributed by atoms with Gasteiger partial charge in [0.05, 0.1) is 16.3 Å². The lowest BCUT2D eigenvalue weighted by Crippen LogP contribution is -2.32. The first-order valence-electron chi connectivity index (χ1n) is 7.08. The van der Waals surface area contributed by atoms with E-state index in [0.717, 1.165) is 27.1 Å². The van der Waals surface area contributed by atoms with Crippen LogP contribution in [0.25, 0.3) is 10.2 Å². The Bertz CT molecular complexity index is 852. The van der Waals surface area contributed by atoms with Crippen LogP contribution in [0.3, 0.4) is 0 Å². The number of nitrogens with one attached hydrogen (secondary N) is 1. The van der Waals surface area contributed by atoms with Crippen molar-refractivity contribution in [3.05, 3.63) is 69.8 Å². The average molecular weight is 312 g/mol. The zero-order chi connectivity index (χ0) is 15.5. The van der Waals surface area contributed by atoms with Crippen LogP contribution in [0.5, 0.6) is 0 Å². The summed E-state index contributed by atoms with van der Waals surface area (Å²) in [6.45, 7) is 1.97. The predicted molar refractivity (Wildman–Crippen MR) is 89.1 cm³/mol. The van der Waals surface area contributed by atoms with Crippen molar-refractivity contribution in [2.24, 2.45) is 0 Å². The van der Waals surface area contributed by atoms with Crippen molar-refractivity contribution in [3.63, 3.8) is 0 Å². The molecule has 4 nitrogen and oxygen atoms in total. The van der Waals surface area contributed by atoms with Gasteiger partial charge in [0, 0.05) is 0 Å². The van der Waals surface area contributed by atoms with Gasteiger partial charge < -0.3 is 5.32 Å². The molecule has 0 aliphatic carbocycles. The number of carbonyl (C=O) groups excluding carboxylic acids is 1. The molecule has 0 unspecified atom stereocenters. The Hall–Kier alpha value is -2.40. The zero-order valence-corrected chi connectivity index (χ0v) is 13.0. The van der Waals surface area contributed by atoms with Gasteiger partial charge in [-0.2, -0.15) is 0 Å². The van der Waals surface area contributed by atoms with Gasteiger partial charge in [0.1, 0.15) is 6.54 Å². The van der Waals surface area contributed by atoms with Crippen molar-refractivity contribution in [2.75, 3.05) is 0 Å². The van der Waals surface area contributed by atoms with Crippen LogP contribution in [-0.2, 0) is 11.3 Å². The summed E-state index contributed by atoms with van der Waals surface area (Å²) in [6.07, 6.45) is 0. The zero-order valence-electron chi connectivity index (χ0n) is 12.2. The van der Waals surface area contributed by atoms with Gasteiger partial charge in [-0.05, 0) is 24.6 Å². The lowest BCUT2D eigenvalue weighted by Gasteiger charge is -2.14. The standard InChI is InChI=1S/C17H16N2O2S/c1-12(13-7-3-2-4-8-13)18-16(20)11-19-14-9-5-6-10-15(14)22-17(19)21/h2-10,12H,11H2,1H3,(H,18,20)/t12-/m0/s1. The Labute approximate surface area is 132 Å². The molecular weight excluding hydrogens is 296 g/mol. The van der Waals surface area contributed by atoms with E-state index in [1.54, 1.807) is 0 Å². The van der Waals surface area contributed by atoms with Crippen molar-refractivity contribution >= 4 is 27.5 Å². The summed E-state index contributed by atoms with van der Waals surface area (Å²) in [5.74, 6) is -0.165. The number of aromatic nitrogens is 1. The third kappa shape index (κ3) is 2.94. The smallest absolute Gasteiger partial charge is 0.308 e. The highest BCUT2D eigenvalue weighted by Crippen LogP contribution is 2.16. The number of carbonyl (C=O) groups is 1. The molecule has 112 valence electrons. The summed E-state index contributed by atoms with van der Waals surface area (Å²) in [6, 6.07) is 17.2. The van der Waals surface area contributed by atoms with E-state index in [0.29, 0.717) is 0 Å². The molecule has 0 bridgehead atoms. The van der Waals surface area contributed by atoms with E-state index >= 15 is 0 Å². The maximum Gasteiger partial charge on any atom is 0.308 e. The van der Waals surface area contributed by atoms with E-state index in [2.05, 4.69) is 5.32 Å². The molecule has 0 aliphatic rings. The average Bonchev–Trinajstić information content (AvgIpc) is 2.84. The number of hydrogen-bond donors (Lipinski definition) is 1. The van der Waals surface area contributed by atoms with Gasteiger partial charge in [-0.15, -0.1) is 0 Å². The molecule has 0 saturated carbocycles. The van der Waals surface area contributed by atoms with Gasteiger partial charge in [0.15, 0.2) is 0 Å². The fraction of sp³-hybridized carbons (Fsp3) is 0.176. The van der Waals surface area contributed by atoms with Crippen LogP contribution >= 0.6 is 11.3 Å². The van der Waals surface area contributed by atoms with Crippen LogP contribution in [-0.4, -0.2) is 10.5 Å². The summed E-state index contributed by atoms with van der Waals surface area (Å²) < 4.78 is 2.42. The van der Waals surface area contributed by atoms with E-state index in [-0.39, 0.29) is 23.4 Å². The SMILES string of the molecule is C[C@H](NC(=O)Cn1c(=O)sc2ccccc21)c1ccccc1. The van der Waals surface area contributed by atoms with Crippen LogP contribution in [0, 0.1) is 0 Å². The predicted octanol–water partition coefficient (Wildman–Crippen LogP) is 2.94.